The molecule has 0 amide bonds. The van der Waals surface area contributed by atoms with E-state index in [1.807, 2.05) is 12.1 Å². The number of carboxylic acids is 1. The monoisotopic (exact) mass is 272 g/mol. The minimum atomic E-state index is -0.996. The van der Waals surface area contributed by atoms with Crippen LogP contribution in [-0.4, -0.2) is 16.9 Å². The van der Waals surface area contributed by atoms with Crippen LogP contribution in [0, 0.1) is 0 Å². The van der Waals surface area contributed by atoms with E-state index in [9.17, 15) is 9.59 Å². The molecule has 19 heavy (non-hydrogen) atoms. The van der Waals surface area contributed by atoms with E-state index in [4.69, 9.17) is 5.11 Å². The third kappa shape index (κ3) is 3.07. The summed E-state index contributed by atoms with van der Waals surface area (Å²) in [4.78, 5) is 22.9. The molecule has 0 saturated heterocycles. The summed E-state index contributed by atoms with van der Waals surface area (Å²) < 4.78 is 0. The molecule has 2 rings (SSSR count). The first kappa shape index (κ1) is 13.4. The quantitative estimate of drug-likeness (QED) is 0.687. The minimum Gasteiger partial charge on any atom is -0.478 e. The van der Waals surface area contributed by atoms with Crippen molar-refractivity contribution < 1.29 is 14.7 Å². The molecule has 4 heteroatoms. The minimum absolute atomic E-state index is 0.104. The van der Waals surface area contributed by atoms with E-state index in [-0.39, 0.29) is 11.3 Å². The highest BCUT2D eigenvalue weighted by atomic mass is 31.0. The molecule has 0 fully saturated rings. The number of carbonyl (C=O) groups is 2. The van der Waals surface area contributed by atoms with Crippen LogP contribution in [0.5, 0.6) is 0 Å². The highest BCUT2D eigenvalue weighted by Crippen LogP contribution is 2.13. The lowest BCUT2D eigenvalue weighted by Gasteiger charge is -2.03. The number of ketones is 1. The molecule has 0 spiro atoms. The first-order valence-electron chi connectivity index (χ1n) is 5.79. The van der Waals surface area contributed by atoms with Gasteiger partial charge in [-0.05, 0) is 23.9 Å². The maximum atomic E-state index is 12.2. The lowest BCUT2D eigenvalue weighted by molar-refractivity contribution is 0.0696. The van der Waals surface area contributed by atoms with Crippen molar-refractivity contribution >= 4 is 21.0 Å². The Morgan fingerprint density at radius 2 is 1.26 bits per heavy atom. The topological polar surface area (TPSA) is 54.4 Å². The summed E-state index contributed by atoms with van der Waals surface area (Å²) >= 11 is 0. The summed E-state index contributed by atoms with van der Waals surface area (Å²) in [5.74, 6) is -1.10. The molecule has 2 aromatic carbocycles. The molecule has 0 aliphatic carbocycles. The van der Waals surface area contributed by atoms with Gasteiger partial charge >= 0.3 is 5.97 Å². The average Bonchev–Trinajstić information content (AvgIpc) is 2.46. The van der Waals surface area contributed by atoms with Gasteiger partial charge in [0.2, 0.25) is 0 Å². The molecule has 0 radical (unpaired) electrons. The summed E-state index contributed by atoms with van der Waals surface area (Å²) in [6.45, 7) is 0. The van der Waals surface area contributed by atoms with E-state index >= 15 is 0 Å². The van der Waals surface area contributed by atoms with E-state index in [2.05, 4.69) is 9.24 Å². The Labute approximate surface area is 113 Å². The second kappa shape index (κ2) is 5.77. The van der Waals surface area contributed by atoms with Crippen molar-refractivity contribution in [3.8, 4) is 0 Å². The summed E-state index contributed by atoms with van der Waals surface area (Å²) in [6.07, 6.45) is 0.849. The van der Waals surface area contributed by atoms with Crippen LogP contribution in [0.2, 0.25) is 0 Å². The standard InChI is InChI=1S/C15H13O3P/c16-14(11-3-1-10(9-19)2-4-11)12-5-7-13(8-6-12)15(17)18/h1-8H,9,19H2,(H,17,18). The molecule has 0 heterocycles. The van der Waals surface area contributed by atoms with Crippen molar-refractivity contribution in [3.05, 3.63) is 70.8 Å². The first-order valence-corrected chi connectivity index (χ1v) is 6.60. The van der Waals surface area contributed by atoms with E-state index in [1.165, 1.54) is 24.3 Å². The third-order valence-electron chi connectivity index (χ3n) is 2.85. The van der Waals surface area contributed by atoms with E-state index in [0.29, 0.717) is 11.1 Å². The van der Waals surface area contributed by atoms with Gasteiger partial charge in [-0.2, -0.15) is 0 Å². The van der Waals surface area contributed by atoms with E-state index in [0.717, 1.165) is 11.7 Å². The number of hydrogen-bond donors (Lipinski definition) is 1. The number of hydrogen-bond acceptors (Lipinski definition) is 2. The largest absolute Gasteiger partial charge is 0.478 e. The van der Waals surface area contributed by atoms with Crippen LogP contribution >= 0.6 is 9.24 Å². The van der Waals surface area contributed by atoms with Gasteiger partial charge in [-0.3, -0.25) is 4.79 Å². The molecular formula is C15H13O3P. The number of aromatic carboxylic acids is 1. The Hall–Kier alpha value is -1.99. The van der Waals surface area contributed by atoms with Gasteiger partial charge in [0.1, 0.15) is 0 Å². The second-order valence-electron chi connectivity index (χ2n) is 4.11. The van der Waals surface area contributed by atoms with Crippen LogP contribution in [0.25, 0.3) is 0 Å². The molecular weight excluding hydrogens is 259 g/mol. The van der Waals surface area contributed by atoms with Gasteiger partial charge in [0.15, 0.2) is 5.78 Å². The van der Waals surface area contributed by atoms with Gasteiger partial charge in [-0.1, -0.05) is 36.4 Å². The zero-order valence-corrected chi connectivity index (χ0v) is 11.3. The van der Waals surface area contributed by atoms with Gasteiger partial charge in [-0.15, -0.1) is 9.24 Å². The third-order valence-corrected chi connectivity index (χ3v) is 3.32. The van der Waals surface area contributed by atoms with Crippen molar-refractivity contribution in [1.82, 2.24) is 0 Å². The predicted octanol–water partition coefficient (Wildman–Crippen LogP) is 2.99. The Kier molecular flexibility index (Phi) is 4.08. The van der Waals surface area contributed by atoms with Crippen LogP contribution in [0.3, 0.4) is 0 Å². The first-order chi connectivity index (χ1) is 9.11. The van der Waals surface area contributed by atoms with Crippen LogP contribution in [0.15, 0.2) is 48.5 Å². The van der Waals surface area contributed by atoms with Gasteiger partial charge < -0.3 is 5.11 Å². The molecule has 0 bridgehead atoms. The molecule has 96 valence electrons. The van der Waals surface area contributed by atoms with Gasteiger partial charge in [0.05, 0.1) is 5.56 Å². The van der Waals surface area contributed by atoms with Crippen molar-refractivity contribution in [1.29, 1.82) is 0 Å². The predicted molar refractivity (Wildman–Crippen MR) is 76.7 cm³/mol. The normalized spacial score (nSPS) is 10.2. The SMILES string of the molecule is O=C(O)c1ccc(C(=O)c2ccc(CP)cc2)cc1. The number of benzene rings is 2. The Morgan fingerprint density at radius 1 is 0.842 bits per heavy atom. The average molecular weight is 272 g/mol. The lowest BCUT2D eigenvalue weighted by Crippen LogP contribution is -2.03. The molecule has 3 nitrogen and oxygen atoms in total. The molecule has 1 atom stereocenters. The summed E-state index contributed by atoms with van der Waals surface area (Å²) in [6, 6.07) is 13.3. The zero-order valence-electron chi connectivity index (χ0n) is 10.2. The highest BCUT2D eigenvalue weighted by molar-refractivity contribution is 7.15. The van der Waals surface area contributed by atoms with Crippen molar-refractivity contribution in [2.75, 3.05) is 0 Å². The molecule has 0 saturated carbocycles. The Bertz CT molecular complexity index is 600. The van der Waals surface area contributed by atoms with E-state index < -0.39 is 5.97 Å². The molecule has 1 unspecified atom stereocenters. The summed E-state index contributed by atoms with van der Waals surface area (Å²) in [7, 11) is 2.63. The Morgan fingerprint density at radius 3 is 1.68 bits per heavy atom. The van der Waals surface area contributed by atoms with Crippen molar-refractivity contribution in [2.45, 2.75) is 6.16 Å². The highest BCUT2D eigenvalue weighted by Gasteiger charge is 2.10. The second-order valence-corrected chi connectivity index (χ2v) is 4.52. The zero-order chi connectivity index (χ0) is 13.8. The van der Waals surface area contributed by atoms with Crippen LogP contribution in [0.1, 0.15) is 31.8 Å². The number of rotatable bonds is 4. The van der Waals surface area contributed by atoms with Crippen molar-refractivity contribution in [2.24, 2.45) is 0 Å². The summed E-state index contributed by atoms with van der Waals surface area (Å²) in [5.41, 5.74) is 2.41. The van der Waals surface area contributed by atoms with Gasteiger partial charge in [0, 0.05) is 11.1 Å². The number of carbonyl (C=O) groups excluding carboxylic acids is 1. The molecule has 0 aliphatic rings. The molecule has 1 N–H and O–H groups in total. The smallest absolute Gasteiger partial charge is 0.335 e. The molecule has 2 aromatic rings. The van der Waals surface area contributed by atoms with Crippen LogP contribution < -0.4 is 0 Å². The Balaban J connectivity index is 2.25. The number of carboxylic acid groups (broad SMARTS) is 1. The fourth-order valence-electron chi connectivity index (χ4n) is 1.72. The maximum Gasteiger partial charge on any atom is 0.335 e. The molecule has 0 aliphatic heterocycles. The van der Waals surface area contributed by atoms with Crippen molar-refractivity contribution in [3.63, 3.8) is 0 Å². The lowest BCUT2D eigenvalue weighted by atomic mass is 10.0. The van der Waals surface area contributed by atoms with Gasteiger partial charge in [0.25, 0.3) is 0 Å². The maximum absolute atomic E-state index is 12.2. The van der Waals surface area contributed by atoms with Crippen LogP contribution in [-0.2, 0) is 6.16 Å². The fraction of sp³-hybridized carbons (Fsp3) is 0.0667. The van der Waals surface area contributed by atoms with Crippen LogP contribution in [0.4, 0.5) is 0 Å². The summed E-state index contributed by atoms with van der Waals surface area (Å²) in [5, 5.41) is 8.80. The fourth-order valence-corrected chi connectivity index (χ4v) is 2.00. The van der Waals surface area contributed by atoms with E-state index in [1.54, 1.807) is 12.1 Å². The molecule has 0 aromatic heterocycles. The van der Waals surface area contributed by atoms with Gasteiger partial charge in [-0.25, -0.2) is 4.79 Å².